The van der Waals surface area contributed by atoms with Crippen molar-refractivity contribution in [2.75, 3.05) is 18.5 Å². The molecule has 0 saturated carbocycles. The van der Waals surface area contributed by atoms with Crippen molar-refractivity contribution in [3.05, 3.63) is 28.2 Å². The summed E-state index contributed by atoms with van der Waals surface area (Å²) in [5.41, 5.74) is 1.30. The van der Waals surface area contributed by atoms with Crippen LogP contribution in [0.15, 0.2) is 22.7 Å². The van der Waals surface area contributed by atoms with Crippen LogP contribution in [0.25, 0.3) is 0 Å². The van der Waals surface area contributed by atoms with E-state index < -0.39 is 0 Å². The molecule has 0 heterocycles. The molecule has 1 amide bonds. The van der Waals surface area contributed by atoms with Crippen LogP contribution in [-0.4, -0.2) is 31.8 Å². The van der Waals surface area contributed by atoms with Crippen molar-refractivity contribution in [1.29, 1.82) is 0 Å². The number of benzene rings is 1. The average molecular weight is 313 g/mol. The molecule has 0 aromatic heterocycles. The minimum atomic E-state index is -0.0627. The first kappa shape index (κ1) is 14.7. The molecule has 0 unspecified atom stereocenters. The van der Waals surface area contributed by atoms with Crippen molar-refractivity contribution in [2.45, 2.75) is 19.9 Å². The van der Waals surface area contributed by atoms with Crippen LogP contribution < -0.4 is 10.2 Å². The van der Waals surface area contributed by atoms with Gasteiger partial charge in [0.05, 0.1) is 6.54 Å². The van der Waals surface area contributed by atoms with Crippen LogP contribution >= 0.6 is 15.9 Å². The van der Waals surface area contributed by atoms with Crippen LogP contribution in [0.3, 0.4) is 0 Å². The summed E-state index contributed by atoms with van der Waals surface area (Å²) in [4.78, 5) is 24.4. The van der Waals surface area contributed by atoms with E-state index >= 15 is 0 Å². The van der Waals surface area contributed by atoms with Gasteiger partial charge in [-0.15, -0.1) is 0 Å². The number of halogens is 1. The number of carbonyl (C=O) groups excluding carboxylic acids is 2. The van der Waals surface area contributed by atoms with E-state index in [4.69, 9.17) is 0 Å². The third kappa shape index (κ3) is 4.14. The lowest BCUT2D eigenvalue weighted by molar-refractivity contribution is -0.120. The molecule has 5 heteroatoms. The monoisotopic (exact) mass is 312 g/mol. The predicted octanol–water partition coefficient (Wildman–Crippen LogP) is 2.22. The van der Waals surface area contributed by atoms with Crippen LogP contribution in [-0.2, 0) is 4.79 Å². The lowest BCUT2D eigenvalue weighted by Gasteiger charge is -2.21. The van der Waals surface area contributed by atoms with Gasteiger partial charge in [-0.1, -0.05) is 15.9 Å². The number of nitrogens with zero attached hydrogens (tertiary/aromatic N) is 1. The van der Waals surface area contributed by atoms with Gasteiger partial charge < -0.3 is 10.2 Å². The summed E-state index contributed by atoms with van der Waals surface area (Å²) < 4.78 is 0.841. The van der Waals surface area contributed by atoms with Gasteiger partial charge in [-0.25, -0.2) is 0 Å². The van der Waals surface area contributed by atoms with Crippen molar-refractivity contribution >= 4 is 33.8 Å². The molecule has 98 valence electrons. The summed E-state index contributed by atoms with van der Waals surface area (Å²) in [5, 5.41) is 2.81. The van der Waals surface area contributed by atoms with Gasteiger partial charge in [0.25, 0.3) is 0 Å². The fraction of sp³-hybridized carbons (Fsp3) is 0.385. The number of nitrogens with one attached hydrogen (secondary N) is 1. The highest BCUT2D eigenvalue weighted by atomic mass is 79.9. The molecule has 1 rings (SSSR count). The second-order valence-electron chi connectivity index (χ2n) is 4.40. The molecular formula is C13H17BrN2O2. The fourth-order valence-electron chi connectivity index (χ4n) is 1.64. The molecule has 1 aromatic rings. The third-order valence-electron chi connectivity index (χ3n) is 2.36. The first-order chi connectivity index (χ1) is 8.43. The zero-order chi connectivity index (χ0) is 13.7. The van der Waals surface area contributed by atoms with Gasteiger partial charge in [0.15, 0.2) is 6.29 Å². The van der Waals surface area contributed by atoms with E-state index in [2.05, 4.69) is 21.2 Å². The number of amides is 1. The molecule has 0 radical (unpaired) electrons. The zero-order valence-electron chi connectivity index (χ0n) is 10.7. The standard InChI is InChI=1S/C13H17BrN2O2/c1-9(2)15-13(18)7-16(3)12-5-4-11(14)6-10(12)8-17/h4-6,8-9H,7H2,1-3H3,(H,15,18). The van der Waals surface area contributed by atoms with Crippen molar-refractivity contribution in [3.63, 3.8) is 0 Å². The van der Waals surface area contributed by atoms with Gasteiger partial charge in [0.1, 0.15) is 0 Å². The predicted molar refractivity (Wildman–Crippen MR) is 76.1 cm³/mol. The smallest absolute Gasteiger partial charge is 0.239 e. The molecule has 0 spiro atoms. The van der Waals surface area contributed by atoms with E-state index in [0.717, 1.165) is 16.4 Å². The van der Waals surface area contributed by atoms with Crippen molar-refractivity contribution in [3.8, 4) is 0 Å². The second-order valence-corrected chi connectivity index (χ2v) is 5.31. The topological polar surface area (TPSA) is 49.4 Å². The fourth-order valence-corrected chi connectivity index (χ4v) is 2.01. The maximum Gasteiger partial charge on any atom is 0.239 e. The Balaban J connectivity index is 2.81. The van der Waals surface area contributed by atoms with Crippen molar-refractivity contribution in [1.82, 2.24) is 5.32 Å². The SMILES string of the molecule is CC(C)NC(=O)CN(C)c1ccc(Br)cc1C=O. The molecule has 1 N–H and O–H groups in total. The number of anilines is 1. The first-order valence-corrected chi connectivity index (χ1v) is 6.48. The van der Waals surface area contributed by atoms with Crippen LogP contribution in [0.2, 0.25) is 0 Å². The molecule has 0 aliphatic heterocycles. The molecule has 4 nitrogen and oxygen atoms in total. The van der Waals surface area contributed by atoms with Gasteiger partial charge >= 0.3 is 0 Å². The molecule has 18 heavy (non-hydrogen) atoms. The first-order valence-electron chi connectivity index (χ1n) is 5.69. The Labute approximate surface area is 115 Å². The van der Waals surface area contributed by atoms with E-state index in [0.29, 0.717) is 5.56 Å². The summed E-state index contributed by atoms with van der Waals surface area (Å²) in [7, 11) is 1.79. The molecular weight excluding hydrogens is 296 g/mol. The number of likely N-dealkylation sites (N-methyl/N-ethyl adjacent to an activating group) is 1. The Kier molecular flexibility index (Phi) is 5.34. The van der Waals surface area contributed by atoms with E-state index in [1.165, 1.54) is 0 Å². The zero-order valence-corrected chi connectivity index (χ0v) is 12.3. The second kappa shape index (κ2) is 6.54. The summed E-state index contributed by atoms with van der Waals surface area (Å²) in [6.07, 6.45) is 0.789. The summed E-state index contributed by atoms with van der Waals surface area (Å²) in [5.74, 6) is -0.0627. The van der Waals surface area contributed by atoms with Crippen LogP contribution in [0.1, 0.15) is 24.2 Å². The highest BCUT2D eigenvalue weighted by Gasteiger charge is 2.11. The number of hydrogen-bond donors (Lipinski definition) is 1. The van der Waals surface area contributed by atoms with Crippen molar-refractivity contribution < 1.29 is 9.59 Å². The normalized spacial score (nSPS) is 10.3. The minimum Gasteiger partial charge on any atom is -0.365 e. The Morgan fingerprint density at radius 2 is 2.17 bits per heavy atom. The third-order valence-corrected chi connectivity index (χ3v) is 2.85. The number of carbonyl (C=O) groups is 2. The Bertz CT molecular complexity index is 447. The number of hydrogen-bond acceptors (Lipinski definition) is 3. The Hall–Kier alpha value is -1.36. The summed E-state index contributed by atoms with van der Waals surface area (Å²) in [6.45, 7) is 4.05. The van der Waals surface area contributed by atoms with Crippen LogP contribution in [0.5, 0.6) is 0 Å². The largest absolute Gasteiger partial charge is 0.365 e. The highest BCUT2D eigenvalue weighted by Crippen LogP contribution is 2.22. The van der Waals surface area contributed by atoms with E-state index in [-0.39, 0.29) is 18.5 Å². The van der Waals surface area contributed by atoms with Crippen LogP contribution in [0, 0.1) is 0 Å². The maximum atomic E-state index is 11.7. The molecule has 0 atom stereocenters. The minimum absolute atomic E-state index is 0.0627. The van der Waals surface area contributed by atoms with E-state index in [1.54, 1.807) is 18.0 Å². The quantitative estimate of drug-likeness (QED) is 0.848. The molecule has 0 saturated heterocycles. The highest BCUT2D eigenvalue weighted by molar-refractivity contribution is 9.10. The van der Waals surface area contributed by atoms with E-state index in [1.807, 2.05) is 26.0 Å². The lowest BCUT2D eigenvalue weighted by Crippen LogP contribution is -2.38. The molecule has 0 aliphatic carbocycles. The number of aldehydes is 1. The molecule has 0 bridgehead atoms. The van der Waals surface area contributed by atoms with Gasteiger partial charge in [-0.2, -0.15) is 0 Å². The number of rotatable bonds is 5. The summed E-state index contributed by atoms with van der Waals surface area (Å²) in [6, 6.07) is 5.51. The van der Waals surface area contributed by atoms with Gasteiger partial charge in [-0.05, 0) is 32.0 Å². The Morgan fingerprint density at radius 1 is 1.50 bits per heavy atom. The molecule has 0 fully saturated rings. The van der Waals surface area contributed by atoms with Gasteiger partial charge in [-0.3, -0.25) is 9.59 Å². The van der Waals surface area contributed by atoms with Gasteiger partial charge in [0.2, 0.25) is 5.91 Å². The molecule has 1 aromatic carbocycles. The molecule has 0 aliphatic rings. The average Bonchev–Trinajstić information content (AvgIpc) is 2.27. The Morgan fingerprint density at radius 3 is 2.72 bits per heavy atom. The lowest BCUT2D eigenvalue weighted by atomic mass is 10.2. The summed E-state index contributed by atoms with van der Waals surface area (Å²) >= 11 is 3.31. The van der Waals surface area contributed by atoms with Gasteiger partial charge in [0, 0.05) is 28.8 Å². The van der Waals surface area contributed by atoms with Crippen molar-refractivity contribution in [2.24, 2.45) is 0 Å². The maximum absolute atomic E-state index is 11.7. The van der Waals surface area contributed by atoms with Crippen LogP contribution in [0.4, 0.5) is 5.69 Å². The van der Waals surface area contributed by atoms with E-state index in [9.17, 15) is 9.59 Å².